The average molecular weight is 269 g/mol. The number of aliphatic hydroxyl groups excluding tert-OH is 1. The van der Waals surface area contributed by atoms with Gasteiger partial charge in [0.2, 0.25) is 0 Å². The zero-order chi connectivity index (χ0) is 14.8. The summed E-state index contributed by atoms with van der Waals surface area (Å²) in [6.07, 6.45) is 1.88. The largest absolute Gasteiger partial charge is 0.388 e. The van der Waals surface area contributed by atoms with E-state index in [0.29, 0.717) is 6.42 Å². The van der Waals surface area contributed by atoms with Crippen molar-refractivity contribution in [2.45, 2.75) is 45.6 Å². The quantitative estimate of drug-likeness (QED) is 0.914. The van der Waals surface area contributed by atoms with Crippen molar-refractivity contribution in [1.82, 2.24) is 4.98 Å². The van der Waals surface area contributed by atoms with Gasteiger partial charge >= 0.3 is 0 Å². The third-order valence-electron chi connectivity index (χ3n) is 3.50. The first kappa shape index (κ1) is 14.7. The second-order valence-electron chi connectivity index (χ2n) is 6.38. The van der Waals surface area contributed by atoms with Gasteiger partial charge in [-0.05, 0) is 35.1 Å². The lowest BCUT2D eigenvalue weighted by Crippen LogP contribution is -2.17. The molecule has 2 aromatic rings. The summed E-state index contributed by atoms with van der Waals surface area (Å²) in [5, 5.41) is 10.5. The number of aliphatic hydroxyl groups is 1. The summed E-state index contributed by atoms with van der Waals surface area (Å²) in [4.78, 5) is 4.38. The van der Waals surface area contributed by atoms with Gasteiger partial charge in [-0.15, -0.1) is 0 Å². The van der Waals surface area contributed by atoms with Crippen LogP contribution in [0.3, 0.4) is 0 Å². The molecule has 0 saturated carbocycles. The molecule has 1 aromatic carbocycles. The van der Waals surface area contributed by atoms with Crippen molar-refractivity contribution in [2.24, 2.45) is 0 Å². The molecule has 0 amide bonds. The second-order valence-corrected chi connectivity index (χ2v) is 6.38. The van der Waals surface area contributed by atoms with Crippen LogP contribution in [0.1, 0.15) is 49.3 Å². The summed E-state index contributed by atoms with van der Waals surface area (Å²) < 4.78 is 0. The van der Waals surface area contributed by atoms with Gasteiger partial charge in [0.1, 0.15) is 0 Å². The van der Waals surface area contributed by atoms with Crippen molar-refractivity contribution in [3.63, 3.8) is 0 Å². The lowest BCUT2D eigenvalue weighted by atomic mass is 9.82. The number of hydrogen-bond acceptors (Lipinski definition) is 2. The highest BCUT2D eigenvalue weighted by molar-refractivity contribution is 5.35. The van der Waals surface area contributed by atoms with E-state index in [1.165, 1.54) is 5.56 Å². The Hall–Kier alpha value is -1.67. The van der Waals surface area contributed by atoms with Crippen LogP contribution in [0.2, 0.25) is 0 Å². The zero-order valence-corrected chi connectivity index (χ0v) is 12.7. The Balaban J connectivity index is 2.25. The summed E-state index contributed by atoms with van der Waals surface area (Å²) in [6, 6.07) is 12.1. The number of pyridine rings is 1. The number of aromatic nitrogens is 1. The van der Waals surface area contributed by atoms with Crippen molar-refractivity contribution in [3.8, 4) is 0 Å². The van der Waals surface area contributed by atoms with E-state index < -0.39 is 6.10 Å². The lowest BCUT2D eigenvalue weighted by Gasteiger charge is -2.25. The Bertz CT molecular complexity index is 567. The smallest absolute Gasteiger partial charge is 0.0848 e. The molecule has 0 fully saturated rings. The third-order valence-corrected chi connectivity index (χ3v) is 3.50. The highest BCUT2D eigenvalue weighted by Gasteiger charge is 2.21. The van der Waals surface area contributed by atoms with Gasteiger partial charge < -0.3 is 5.11 Å². The Morgan fingerprint density at radius 3 is 2.40 bits per heavy atom. The van der Waals surface area contributed by atoms with Gasteiger partial charge in [0.05, 0.1) is 6.10 Å². The maximum Gasteiger partial charge on any atom is 0.0848 e. The van der Waals surface area contributed by atoms with Crippen molar-refractivity contribution >= 4 is 0 Å². The SMILES string of the molecule is Cc1ccc(CC(O)c2ccccc2C(C)(C)C)nc1. The van der Waals surface area contributed by atoms with Crippen molar-refractivity contribution in [2.75, 3.05) is 0 Å². The van der Waals surface area contributed by atoms with Gasteiger partial charge in [0.15, 0.2) is 0 Å². The minimum atomic E-state index is -0.513. The molecule has 2 heteroatoms. The molecule has 1 heterocycles. The molecule has 2 rings (SSSR count). The maximum absolute atomic E-state index is 10.5. The highest BCUT2D eigenvalue weighted by atomic mass is 16.3. The van der Waals surface area contributed by atoms with Crippen molar-refractivity contribution < 1.29 is 5.11 Å². The van der Waals surface area contributed by atoms with Crippen LogP contribution in [0, 0.1) is 6.92 Å². The fraction of sp³-hybridized carbons (Fsp3) is 0.389. The van der Waals surface area contributed by atoms with Crippen LogP contribution in [0.4, 0.5) is 0 Å². The number of hydrogen-bond donors (Lipinski definition) is 1. The molecule has 1 aromatic heterocycles. The van der Waals surface area contributed by atoms with E-state index in [2.05, 4.69) is 31.8 Å². The lowest BCUT2D eigenvalue weighted by molar-refractivity contribution is 0.174. The first-order valence-corrected chi connectivity index (χ1v) is 7.07. The maximum atomic E-state index is 10.5. The molecule has 106 valence electrons. The number of benzene rings is 1. The summed E-state index contributed by atoms with van der Waals surface area (Å²) in [6.45, 7) is 8.52. The molecule has 1 atom stereocenters. The predicted octanol–water partition coefficient (Wildman–Crippen LogP) is 3.96. The van der Waals surface area contributed by atoms with Crippen molar-refractivity contribution in [1.29, 1.82) is 0 Å². The zero-order valence-electron chi connectivity index (χ0n) is 12.7. The van der Waals surface area contributed by atoms with Gasteiger partial charge in [-0.25, -0.2) is 0 Å². The molecule has 0 aliphatic carbocycles. The van der Waals surface area contributed by atoms with E-state index >= 15 is 0 Å². The summed E-state index contributed by atoms with van der Waals surface area (Å²) in [5.41, 5.74) is 4.28. The monoisotopic (exact) mass is 269 g/mol. The number of rotatable bonds is 3. The molecule has 1 N–H and O–H groups in total. The molecule has 0 radical (unpaired) electrons. The summed E-state index contributed by atoms with van der Waals surface area (Å²) >= 11 is 0. The van der Waals surface area contributed by atoms with E-state index in [-0.39, 0.29) is 5.41 Å². The summed E-state index contributed by atoms with van der Waals surface area (Å²) in [5.74, 6) is 0. The second kappa shape index (κ2) is 5.76. The van der Waals surface area contributed by atoms with Gasteiger partial charge in [-0.1, -0.05) is 51.1 Å². The topological polar surface area (TPSA) is 33.1 Å². The minimum Gasteiger partial charge on any atom is -0.388 e. The van der Waals surface area contributed by atoms with Crippen LogP contribution >= 0.6 is 0 Å². The van der Waals surface area contributed by atoms with E-state index in [1.54, 1.807) is 0 Å². The molecule has 2 nitrogen and oxygen atoms in total. The van der Waals surface area contributed by atoms with Gasteiger partial charge in [0, 0.05) is 18.3 Å². The molecule has 0 aliphatic heterocycles. The van der Waals surface area contributed by atoms with E-state index in [9.17, 15) is 5.11 Å². The molecular formula is C18H23NO. The third kappa shape index (κ3) is 3.45. The first-order valence-electron chi connectivity index (χ1n) is 7.07. The molecule has 0 bridgehead atoms. The molecule has 0 saturated heterocycles. The fourth-order valence-electron chi connectivity index (χ4n) is 2.40. The minimum absolute atomic E-state index is 0.0261. The van der Waals surface area contributed by atoms with Crippen LogP contribution in [0.15, 0.2) is 42.6 Å². The molecule has 1 unspecified atom stereocenters. The Kier molecular flexibility index (Phi) is 4.24. The van der Waals surface area contributed by atoms with Gasteiger partial charge in [-0.2, -0.15) is 0 Å². The first-order chi connectivity index (χ1) is 9.38. The van der Waals surface area contributed by atoms with Crippen LogP contribution in [-0.4, -0.2) is 10.1 Å². The average Bonchev–Trinajstić information content (AvgIpc) is 2.40. The van der Waals surface area contributed by atoms with Crippen LogP contribution in [0.5, 0.6) is 0 Å². The van der Waals surface area contributed by atoms with Crippen LogP contribution < -0.4 is 0 Å². The Morgan fingerprint density at radius 2 is 1.80 bits per heavy atom. The number of nitrogens with zero attached hydrogens (tertiary/aromatic N) is 1. The standard InChI is InChI=1S/C18H23NO/c1-13-9-10-14(19-12-13)11-17(20)15-7-5-6-8-16(15)18(2,3)4/h5-10,12,17,20H,11H2,1-4H3. The normalized spacial score (nSPS) is 13.2. The van der Waals surface area contributed by atoms with Crippen LogP contribution in [-0.2, 0) is 11.8 Å². The summed E-state index contributed by atoms with van der Waals surface area (Å²) in [7, 11) is 0. The Morgan fingerprint density at radius 1 is 1.10 bits per heavy atom. The molecule has 0 aliphatic rings. The van der Waals surface area contributed by atoms with E-state index in [0.717, 1.165) is 16.8 Å². The van der Waals surface area contributed by atoms with Gasteiger partial charge in [-0.3, -0.25) is 4.98 Å². The van der Waals surface area contributed by atoms with Crippen LogP contribution in [0.25, 0.3) is 0 Å². The molecule has 0 spiro atoms. The van der Waals surface area contributed by atoms with E-state index in [4.69, 9.17) is 0 Å². The van der Waals surface area contributed by atoms with Crippen molar-refractivity contribution in [3.05, 3.63) is 65.0 Å². The predicted molar refractivity (Wildman–Crippen MR) is 82.8 cm³/mol. The fourth-order valence-corrected chi connectivity index (χ4v) is 2.40. The molecular weight excluding hydrogens is 246 g/mol. The van der Waals surface area contributed by atoms with Gasteiger partial charge in [0.25, 0.3) is 0 Å². The highest BCUT2D eigenvalue weighted by Crippen LogP contribution is 2.30. The molecule has 20 heavy (non-hydrogen) atoms. The Labute approximate surface area is 121 Å². The number of aryl methyl sites for hydroxylation is 1. The van der Waals surface area contributed by atoms with E-state index in [1.807, 2.05) is 43.5 Å².